The fourth-order valence-electron chi connectivity index (χ4n) is 3.66. The molecule has 4 nitrogen and oxygen atoms in total. The Morgan fingerprint density at radius 3 is 2.65 bits per heavy atom. The summed E-state index contributed by atoms with van der Waals surface area (Å²) in [6.45, 7) is 2.83. The van der Waals surface area contributed by atoms with E-state index in [2.05, 4.69) is 47.1 Å². The highest BCUT2D eigenvalue weighted by Gasteiger charge is 2.27. The van der Waals surface area contributed by atoms with Gasteiger partial charge in [0.25, 0.3) is 0 Å². The van der Waals surface area contributed by atoms with Crippen molar-refractivity contribution >= 4 is 22.3 Å². The minimum absolute atomic E-state index is 0.00985. The third kappa shape index (κ3) is 3.58. The number of ether oxygens (including phenoxy) is 2. The van der Waals surface area contributed by atoms with Gasteiger partial charge in [-0.05, 0) is 65.8 Å². The molecule has 0 fully saturated rings. The molecule has 5 heteroatoms. The van der Waals surface area contributed by atoms with E-state index in [0.29, 0.717) is 0 Å². The Labute approximate surface area is 163 Å². The monoisotopic (exact) mass is 417 g/mol. The summed E-state index contributed by atoms with van der Waals surface area (Å²) in [4.78, 5) is 13.6. The molecule has 0 bridgehead atoms. The summed E-state index contributed by atoms with van der Waals surface area (Å²) in [5.74, 6) is 1.76. The molecule has 0 aromatic heterocycles. The number of carbonyl (C=O) groups is 1. The van der Waals surface area contributed by atoms with Crippen molar-refractivity contribution in [2.24, 2.45) is 0 Å². The van der Waals surface area contributed by atoms with Crippen LogP contribution in [0.3, 0.4) is 0 Å². The van der Waals surface area contributed by atoms with Crippen molar-refractivity contribution < 1.29 is 14.3 Å². The SMILES string of the molecule is CCc1cc(Br)c(CC2c3ccc(OC)cc3CCN2C=O)cc1OC. The largest absolute Gasteiger partial charge is 0.497 e. The number of nitrogens with zero attached hydrogens (tertiary/aromatic N) is 1. The maximum absolute atomic E-state index is 11.7. The molecule has 138 valence electrons. The lowest BCUT2D eigenvalue weighted by Gasteiger charge is -2.35. The van der Waals surface area contributed by atoms with Crippen LogP contribution in [0.2, 0.25) is 0 Å². The zero-order chi connectivity index (χ0) is 18.7. The molecule has 0 aliphatic carbocycles. The highest BCUT2D eigenvalue weighted by molar-refractivity contribution is 9.10. The van der Waals surface area contributed by atoms with Gasteiger partial charge in [-0.1, -0.05) is 28.9 Å². The molecule has 1 aliphatic rings. The van der Waals surface area contributed by atoms with Crippen molar-refractivity contribution in [3.8, 4) is 11.5 Å². The molecule has 26 heavy (non-hydrogen) atoms. The summed E-state index contributed by atoms with van der Waals surface area (Å²) in [6.07, 6.45) is 3.46. The lowest BCUT2D eigenvalue weighted by Crippen LogP contribution is -2.35. The fourth-order valence-corrected chi connectivity index (χ4v) is 4.21. The highest BCUT2D eigenvalue weighted by atomic mass is 79.9. The Balaban J connectivity index is 1.99. The quantitative estimate of drug-likeness (QED) is 0.656. The first kappa shape index (κ1) is 18.8. The number of aryl methyl sites for hydroxylation is 1. The van der Waals surface area contributed by atoms with Crippen LogP contribution in [0.1, 0.15) is 35.2 Å². The zero-order valence-electron chi connectivity index (χ0n) is 15.4. The van der Waals surface area contributed by atoms with Crippen LogP contribution in [0.4, 0.5) is 0 Å². The standard InChI is InChI=1S/C21H24BrNO3/c1-4-14-10-19(22)16(12-21(14)26-3)11-20-18-6-5-17(25-2)9-15(18)7-8-23(20)13-24/h5-6,9-10,12-13,20H,4,7-8,11H2,1-3H3. The molecule has 0 spiro atoms. The average Bonchev–Trinajstić information content (AvgIpc) is 2.68. The molecule has 1 atom stereocenters. The number of rotatable bonds is 6. The number of hydrogen-bond acceptors (Lipinski definition) is 3. The molecular weight excluding hydrogens is 394 g/mol. The molecule has 0 saturated carbocycles. The second-order valence-corrected chi connectivity index (χ2v) is 7.34. The van der Waals surface area contributed by atoms with Gasteiger partial charge in [0, 0.05) is 11.0 Å². The van der Waals surface area contributed by atoms with Crippen LogP contribution in [0.5, 0.6) is 11.5 Å². The lowest BCUT2D eigenvalue weighted by molar-refractivity contribution is -0.120. The first-order chi connectivity index (χ1) is 12.6. The van der Waals surface area contributed by atoms with E-state index in [1.807, 2.05) is 11.0 Å². The minimum Gasteiger partial charge on any atom is -0.497 e. The first-order valence-electron chi connectivity index (χ1n) is 8.84. The molecule has 2 aromatic rings. The third-order valence-electron chi connectivity index (χ3n) is 5.13. The summed E-state index contributed by atoms with van der Waals surface area (Å²) in [7, 11) is 3.38. The van der Waals surface area contributed by atoms with Gasteiger partial charge in [-0.25, -0.2) is 0 Å². The average molecular weight is 418 g/mol. The number of halogens is 1. The van der Waals surface area contributed by atoms with Crippen molar-refractivity contribution in [1.82, 2.24) is 4.90 Å². The van der Waals surface area contributed by atoms with E-state index < -0.39 is 0 Å². The van der Waals surface area contributed by atoms with Crippen LogP contribution >= 0.6 is 15.9 Å². The van der Waals surface area contributed by atoms with Crippen molar-refractivity contribution in [2.45, 2.75) is 32.2 Å². The van der Waals surface area contributed by atoms with E-state index in [1.54, 1.807) is 14.2 Å². The molecule has 1 heterocycles. The second-order valence-electron chi connectivity index (χ2n) is 6.49. The van der Waals surface area contributed by atoms with Gasteiger partial charge < -0.3 is 14.4 Å². The van der Waals surface area contributed by atoms with Gasteiger partial charge in [0.15, 0.2) is 0 Å². The topological polar surface area (TPSA) is 38.8 Å². The number of fused-ring (bicyclic) bond motifs is 1. The summed E-state index contributed by atoms with van der Waals surface area (Å²) in [5, 5.41) is 0. The molecule has 0 radical (unpaired) electrons. The summed E-state index contributed by atoms with van der Waals surface area (Å²) >= 11 is 3.70. The maximum atomic E-state index is 11.7. The predicted octanol–water partition coefficient (Wildman–Crippen LogP) is 4.33. The first-order valence-corrected chi connectivity index (χ1v) is 9.63. The Morgan fingerprint density at radius 1 is 1.19 bits per heavy atom. The molecule has 1 amide bonds. The molecular formula is C21H24BrNO3. The van der Waals surface area contributed by atoms with Crippen LogP contribution in [0.15, 0.2) is 34.8 Å². The van der Waals surface area contributed by atoms with Gasteiger partial charge in [-0.3, -0.25) is 4.79 Å². The number of hydrogen-bond donors (Lipinski definition) is 0. The zero-order valence-corrected chi connectivity index (χ0v) is 17.0. The number of amides is 1. The maximum Gasteiger partial charge on any atom is 0.210 e. The minimum atomic E-state index is 0.00985. The van der Waals surface area contributed by atoms with Crippen LogP contribution in [0, 0.1) is 0 Å². The Bertz CT molecular complexity index is 806. The number of carbonyl (C=O) groups excluding carboxylic acids is 1. The van der Waals surface area contributed by atoms with Gasteiger partial charge in [0.05, 0.1) is 20.3 Å². The predicted molar refractivity (Wildman–Crippen MR) is 106 cm³/mol. The van der Waals surface area contributed by atoms with E-state index >= 15 is 0 Å². The summed E-state index contributed by atoms with van der Waals surface area (Å²) in [5.41, 5.74) is 4.75. The Hall–Kier alpha value is -2.01. The highest BCUT2D eigenvalue weighted by Crippen LogP contribution is 2.37. The Morgan fingerprint density at radius 2 is 2.00 bits per heavy atom. The molecule has 0 saturated heterocycles. The van der Waals surface area contributed by atoms with Crippen molar-refractivity contribution in [3.63, 3.8) is 0 Å². The van der Waals surface area contributed by atoms with Crippen molar-refractivity contribution in [1.29, 1.82) is 0 Å². The lowest BCUT2D eigenvalue weighted by atomic mass is 9.88. The molecule has 0 N–H and O–H groups in total. The molecule has 1 unspecified atom stereocenters. The van der Waals surface area contributed by atoms with E-state index in [0.717, 1.165) is 53.8 Å². The van der Waals surface area contributed by atoms with Crippen molar-refractivity contribution in [2.75, 3.05) is 20.8 Å². The molecule has 1 aliphatic heterocycles. The fraction of sp³-hybridized carbons (Fsp3) is 0.381. The van der Waals surface area contributed by atoms with E-state index in [1.165, 1.54) is 16.7 Å². The van der Waals surface area contributed by atoms with Crippen molar-refractivity contribution in [3.05, 3.63) is 57.1 Å². The molecule has 2 aromatic carbocycles. The Kier molecular flexibility index (Phi) is 5.87. The van der Waals surface area contributed by atoms with E-state index in [-0.39, 0.29) is 6.04 Å². The van der Waals surface area contributed by atoms with Gasteiger partial charge in [-0.2, -0.15) is 0 Å². The second kappa shape index (κ2) is 8.12. The van der Waals surface area contributed by atoms with Crippen LogP contribution in [-0.4, -0.2) is 32.1 Å². The smallest absolute Gasteiger partial charge is 0.210 e. The van der Waals surface area contributed by atoms with E-state index in [4.69, 9.17) is 9.47 Å². The molecule has 3 rings (SSSR count). The normalized spacial score (nSPS) is 16.2. The number of methoxy groups -OCH3 is 2. The van der Waals surface area contributed by atoms with Crippen LogP contribution in [-0.2, 0) is 24.1 Å². The number of benzene rings is 2. The van der Waals surface area contributed by atoms with Gasteiger partial charge in [-0.15, -0.1) is 0 Å². The van der Waals surface area contributed by atoms with E-state index in [9.17, 15) is 4.79 Å². The third-order valence-corrected chi connectivity index (χ3v) is 5.87. The van der Waals surface area contributed by atoms with Crippen LogP contribution in [0.25, 0.3) is 0 Å². The van der Waals surface area contributed by atoms with Crippen LogP contribution < -0.4 is 9.47 Å². The summed E-state index contributed by atoms with van der Waals surface area (Å²) < 4.78 is 12.0. The van der Waals surface area contributed by atoms with Gasteiger partial charge >= 0.3 is 0 Å². The van der Waals surface area contributed by atoms with Gasteiger partial charge in [0.2, 0.25) is 6.41 Å². The summed E-state index contributed by atoms with van der Waals surface area (Å²) in [6, 6.07) is 10.4. The van der Waals surface area contributed by atoms with Gasteiger partial charge in [0.1, 0.15) is 11.5 Å².